The standard InChI is InChI=1S/C12H8ClFINO2S/c13-11-7-10(4-5-12(11)14)19(17,18)16-9-3-1-2-8(15)6-9/h1-7,16H. The van der Waals surface area contributed by atoms with E-state index >= 15 is 0 Å². The number of nitrogens with one attached hydrogen (secondary N) is 1. The molecule has 7 heteroatoms. The molecule has 0 heterocycles. The van der Waals surface area contributed by atoms with Crippen LogP contribution in [0.3, 0.4) is 0 Å². The first-order chi connectivity index (χ1) is 8.88. The number of anilines is 1. The number of halogens is 3. The summed E-state index contributed by atoms with van der Waals surface area (Å²) < 4.78 is 40.5. The van der Waals surface area contributed by atoms with Crippen molar-refractivity contribution in [2.45, 2.75) is 4.90 Å². The number of benzene rings is 2. The molecule has 0 aliphatic heterocycles. The Labute approximate surface area is 129 Å². The molecule has 0 aromatic heterocycles. The number of rotatable bonds is 3. The van der Waals surface area contributed by atoms with Crippen molar-refractivity contribution in [2.24, 2.45) is 0 Å². The molecule has 19 heavy (non-hydrogen) atoms. The van der Waals surface area contributed by atoms with Gasteiger partial charge in [0, 0.05) is 9.26 Å². The summed E-state index contributed by atoms with van der Waals surface area (Å²) in [6, 6.07) is 10.1. The third kappa shape index (κ3) is 3.58. The predicted molar refractivity (Wildman–Crippen MR) is 81.4 cm³/mol. The van der Waals surface area contributed by atoms with Crippen molar-refractivity contribution in [2.75, 3.05) is 4.72 Å². The molecule has 2 aromatic rings. The van der Waals surface area contributed by atoms with Crippen LogP contribution in [-0.2, 0) is 10.0 Å². The minimum atomic E-state index is -3.77. The maximum Gasteiger partial charge on any atom is 0.261 e. The third-order valence-corrected chi connectivity index (χ3v) is 4.62. The Morgan fingerprint density at radius 1 is 1.16 bits per heavy atom. The summed E-state index contributed by atoms with van der Waals surface area (Å²) in [4.78, 5) is -0.0854. The van der Waals surface area contributed by atoms with Gasteiger partial charge in [-0.1, -0.05) is 17.7 Å². The second kappa shape index (κ2) is 5.64. The van der Waals surface area contributed by atoms with E-state index < -0.39 is 15.8 Å². The summed E-state index contributed by atoms with van der Waals surface area (Å²) >= 11 is 7.66. The first kappa shape index (κ1) is 14.5. The van der Waals surface area contributed by atoms with Crippen LogP contribution in [0.25, 0.3) is 0 Å². The zero-order chi connectivity index (χ0) is 14.0. The van der Waals surface area contributed by atoms with Gasteiger partial charge in [-0.3, -0.25) is 4.72 Å². The molecule has 0 atom stereocenters. The van der Waals surface area contributed by atoms with Gasteiger partial charge in [-0.25, -0.2) is 12.8 Å². The quantitative estimate of drug-likeness (QED) is 0.779. The Balaban J connectivity index is 2.35. The van der Waals surface area contributed by atoms with Gasteiger partial charge < -0.3 is 0 Å². The fraction of sp³-hybridized carbons (Fsp3) is 0. The topological polar surface area (TPSA) is 46.2 Å². The average molecular weight is 412 g/mol. The highest BCUT2D eigenvalue weighted by Gasteiger charge is 2.16. The zero-order valence-corrected chi connectivity index (χ0v) is 13.1. The van der Waals surface area contributed by atoms with Gasteiger partial charge in [-0.2, -0.15) is 0 Å². The molecule has 0 spiro atoms. The summed E-state index contributed by atoms with van der Waals surface area (Å²) in [6.45, 7) is 0. The first-order valence-corrected chi connectivity index (χ1v) is 8.06. The van der Waals surface area contributed by atoms with Crippen LogP contribution in [0.1, 0.15) is 0 Å². The van der Waals surface area contributed by atoms with Crippen LogP contribution in [0.4, 0.5) is 10.1 Å². The Morgan fingerprint density at radius 3 is 2.53 bits per heavy atom. The van der Waals surface area contributed by atoms with Gasteiger partial charge in [0.1, 0.15) is 5.82 Å². The smallest absolute Gasteiger partial charge is 0.261 e. The summed E-state index contributed by atoms with van der Waals surface area (Å²) in [5.41, 5.74) is 0.437. The number of sulfonamides is 1. The van der Waals surface area contributed by atoms with Crippen LogP contribution in [0.2, 0.25) is 5.02 Å². The van der Waals surface area contributed by atoms with Crippen LogP contribution in [-0.4, -0.2) is 8.42 Å². The normalized spacial score (nSPS) is 11.3. The second-order valence-corrected chi connectivity index (χ2v) is 7.03. The zero-order valence-electron chi connectivity index (χ0n) is 9.40. The summed E-state index contributed by atoms with van der Waals surface area (Å²) in [6.07, 6.45) is 0. The Hall–Kier alpha value is -0.860. The minimum Gasteiger partial charge on any atom is -0.280 e. The highest BCUT2D eigenvalue weighted by molar-refractivity contribution is 14.1. The minimum absolute atomic E-state index is 0.0854. The first-order valence-electron chi connectivity index (χ1n) is 5.12. The highest BCUT2D eigenvalue weighted by Crippen LogP contribution is 2.22. The van der Waals surface area contributed by atoms with Gasteiger partial charge in [-0.05, 0) is 59.0 Å². The number of hydrogen-bond acceptors (Lipinski definition) is 2. The van der Waals surface area contributed by atoms with Crippen LogP contribution < -0.4 is 4.72 Å². The fourth-order valence-corrected chi connectivity index (χ4v) is 3.27. The van der Waals surface area contributed by atoms with E-state index in [0.717, 1.165) is 21.8 Å². The molecule has 2 aromatic carbocycles. The molecule has 1 N–H and O–H groups in total. The molecule has 100 valence electrons. The lowest BCUT2D eigenvalue weighted by Crippen LogP contribution is -2.13. The highest BCUT2D eigenvalue weighted by atomic mass is 127. The van der Waals surface area contributed by atoms with Crippen LogP contribution in [0, 0.1) is 9.39 Å². The van der Waals surface area contributed by atoms with Gasteiger partial charge in [0.25, 0.3) is 10.0 Å². The lowest BCUT2D eigenvalue weighted by molar-refractivity contribution is 0.599. The maximum atomic E-state index is 13.0. The van der Waals surface area contributed by atoms with Crippen molar-refractivity contribution in [1.29, 1.82) is 0 Å². The van der Waals surface area contributed by atoms with Crippen molar-refractivity contribution in [3.05, 3.63) is 56.9 Å². The van der Waals surface area contributed by atoms with E-state index in [4.69, 9.17) is 11.6 Å². The Morgan fingerprint density at radius 2 is 1.89 bits per heavy atom. The van der Waals surface area contributed by atoms with Crippen LogP contribution >= 0.6 is 34.2 Å². The van der Waals surface area contributed by atoms with Gasteiger partial charge in [-0.15, -0.1) is 0 Å². The van der Waals surface area contributed by atoms with Crippen molar-refractivity contribution < 1.29 is 12.8 Å². The van der Waals surface area contributed by atoms with Gasteiger partial charge >= 0.3 is 0 Å². The van der Waals surface area contributed by atoms with Crippen molar-refractivity contribution >= 4 is 49.9 Å². The van der Waals surface area contributed by atoms with E-state index in [1.807, 2.05) is 6.07 Å². The van der Waals surface area contributed by atoms with E-state index in [1.54, 1.807) is 18.2 Å². The molecule has 0 aliphatic rings. The second-order valence-electron chi connectivity index (χ2n) is 3.69. The van der Waals surface area contributed by atoms with E-state index in [0.29, 0.717) is 5.69 Å². The molecule has 0 saturated carbocycles. The van der Waals surface area contributed by atoms with Crippen molar-refractivity contribution in [3.63, 3.8) is 0 Å². The molecule has 0 radical (unpaired) electrons. The van der Waals surface area contributed by atoms with Gasteiger partial charge in [0.05, 0.1) is 9.92 Å². The van der Waals surface area contributed by atoms with E-state index in [9.17, 15) is 12.8 Å². The summed E-state index contributed by atoms with van der Waals surface area (Å²) in [5, 5.41) is -0.231. The van der Waals surface area contributed by atoms with Crippen molar-refractivity contribution in [3.8, 4) is 0 Å². The third-order valence-electron chi connectivity index (χ3n) is 2.28. The Kier molecular flexibility index (Phi) is 4.32. The molecule has 0 fully saturated rings. The SMILES string of the molecule is O=S(=O)(Nc1cccc(I)c1)c1ccc(F)c(Cl)c1. The molecule has 3 nitrogen and oxygen atoms in total. The van der Waals surface area contributed by atoms with E-state index in [1.165, 1.54) is 0 Å². The lowest BCUT2D eigenvalue weighted by atomic mass is 10.3. The maximum absolute atomic E-state index is 13.0. The average Bonchev–Trinajstić information content (AvgIpc) is 2.32. The predicted octanol–water partition coefficient (Wildman–Crippen LogP) is 3.88. The lowest BCUT2D eigenvalue weighted by Gasteiger charge is -2.08. The largest absolute Gasteiger partial charge is 0.280 e. The molecule has 2 rings (SSSR count). The summed E-state index contributed by atoms with van der Waals surface area (Å²) in [5.74, 6) is -0.658. The van der Waals surface area contributed by atoms with E-state index in [2.05, 4.69) is 27.3 Å². The monoisotopic (exact) mass is 411 g/mol. The molecular formula is C12H8ClFINO2S. The van der Waals surface area contributed by atoms with Crippen LogP contribution in [0.5, 0.6) is 0 Å². The molecule has 0 amide bonds. The molecular weight excluding hydrogens is 404 g/mol. The van der Waals surface area contributed by atoms with Crippen LogP contribution in [0.15, 0.2) is 47.4 Å². The molecule has 0 aliphatic carbocycles. The fourth-order valence-electron chi connectivity index (χ4n) is 1.41. The van der Waals surface area contributed by atoms with Gasteiger partial charge in [0.2, 0.25) is 0 Å². The molecule has 0 saturated heterocycles. The molecule has 0 bridgehead atoms. The Bertz CT molecular complexity index is 721. The van der Waals surface area contributed by atoms with Crippen molar-refractivity contribution in [1.82, 2.24) is 0 Å². The summed E-state index contributed by atoms with van der Waals surface area (Å²) in [7, 11) is -3.77. The van der Waals surface area contributed by atoms with E-state index in [-0.39, 0.29) is 9.92 Å². The van der Waals surface area contributed by atoms with Gasteiger partial charge in [0.15, 0.2) is 0 Å². The number of hydrogen-bond donors (Lipinski definition) is 1. The molecule has 0 unspecified atom stereocenters.